The number of thiophene rings is 1. The quantitative estimate of drug-likeness (QED) is 0.923. The van der Waals surface area contributed by atoms with Gasteiger partial charge in [0.15, 0.2) is 0 Å². The third-order valence-corrected chi connectivity index (χ3v) is 5.67. The van der Waals surface area contributed by atoms with Gasteiger partial charge in [-0.25, -0.2) is 0 Å². The Kier molecular flexibility index (Phi) is 5.33. The van der Waals surface area contributed by atoms with Crippen molar-refractivity contribution < 1.29 is 9.84 Å². The van der Waals surface area contributed by atoms with Crippen LogP contribution in [0.15, 0.2) is 17.7 Å². The molecule has 0 radical (unpaired) electrons. The van der Waals surface area contributed by atoms with Crippen LogP contribution in [-0.4, -0.2) is 38.0 Å². The number of morpholine rings is 1. The highest BCUT2D eigenvalue weighted by Gasteiger charge is 2.18. The monoisotopic (exact) mass is 307 g/mol. The van der Waals surface area contributed by atoms with Gasteiger partial charge in [0.25, 0.3) is 0 Å². The van der Waals surface area contributed by atoms with Crippen LogP contribution in [0.4, 0.5) is 5.00 Å². The Morgan fingerprint density at radius 1 is 1.24 bits per heavy atom. The van der Waals surface area contributed by atoms with E-state index in [-0.39, 0.29) is 6.61 Å². The van der Waals surface area contributed by atoms with E-state index in [4.69, 9.17) is 4.74 Å². The lowest BCUT2D eigenvalue weighted by Crippen LogP contribution is -2.35. The van der Waals surface area contributed by atoms with Gasteiger partial charge < -0.3 is 14.7 Å². The SMILES string of the molecule is OC/C(=C/c1ccc(N2CCOCC2)s1)C1CCCCC1. The zero-order valence-electron chi connectivity index (χ0n) is 12.6. The Hall–Kier alpha value is -0.840. The fourth-order valence-electron chi connectivity index (χ4n) is 3.32. The largest absolute Gasteiger partial charge is 0.392 e. The van der Waals surface area contributed by atoms with E-state index in [1.54, 1.807) is 0 Å². The molecular formula is C17H25NO2S. The van der Waals surface area contributed by atoms with E-state index < -0.39 is 0 Å². The molecule has 21 heavy (non-hydrogen) atoms. The highest BCUT2D eigenvalue weighted by atomic mass is 32.1. The summed E-state index contributed by atoms with van der Waals surface area (Å²) in [5.41, 5.74) is 1.23. The summed E-state index contributed by atoms with van der Waals surface area (Å²) in [5.74, 6) is 0.595. The summed E-state index contributed by atoms with van der Waals surface area (Å²) in [6.45, 7) is 3.83. The summed E-state index contributed by atoms with van der Waals surface area (Å²) in [6, 6.07) is 4.39. The van der Waals surface area contributed by atoms with Gasteiger partial charge in [-0.1, -0.05) is 19.3 Å². The van der Waals surface area contributed by atoms with Crippen molar-refractivity contribution in [3.8, 4) is 0 Å². The lowest BCUT2D eigenvalue weighted by molar-refractivity contribution is 0.123. The first-order valence-electron chi connectivity index (χ1n) is 8.10. The van der Waals surface area contributed by atoms with Gasteiger partial charge in [0.1, 0.15) is 0 Å². The van der Waals surface area contributed by atoms with Crippen molar-refractivity contribution >= 4 is 22.4 Å². The van der Waals surface area contributed by atoms with E-state index in [0.717, 1.165) is 26.3 Å². The summed E-state index contributed by atoms with van der Waals surface area (Å²) in [7, 11) is 0. The molecule has 0 aromatic carbocycles. The minimum Gasteiger partial charge on any atom is -0.392 e. The lowest BCUT2D eigenvalue weighted by Gasteiger charge is -2.27. The maximum Gasteiger partial charge on any atom is 0.0916 e. The van der Waals surface area contributed by atoms with Gasteiger partial charge in [-0.05, 0) is 42.5 Å². The van der Waals surface area contributed by atoms with Crippen LogP contribution in [0.25, 0.3) is 6.08 Å². The molecule has 116 valence electrons. The Morgan fingerprint density at radius 3 is 2.71 bits per heavy atom. The van der Waals surface area contributed by atoms with Crippen molar-refractivity contribution in [2.45, 2.75) is 32.1 Å². The molecular weight excluding hydrogens is 282 g/mol. The van der Waals surface area contributed by atoms with Gasteiger partial charge in [0.05, 0.1) is 24.8 Å². The first kappa shape index (κ1) is 15.1. The van der Waals surface area contributed by atoms with Crippen molar-refractivity contribution in [2.24, 2.45) is 5.92 Å². The van der Waals surface area contributed by atoms with Crippen molar-refractivity contribution in [3.63, 3.8) is 0 Å². The molecule has 2 aliphatic rings. The number of hydrogen-bond donors (Lipinski definition) is 1. The van der Waals surface area contributed by atoms with Gasteiger partial charge in [0.2, 0.25) is 0 Å². The van der Waals surface area contributed by atoms with Gasteiger partial charge in [0, 0.05) is 18.0 Å². The number of nitrogens with zero attached hydrogens (tertiary/aromatic N) is 1. The van der Waals surface area contributed by atoms with Crippen LogP contribution in [0.1, 0.15) is 37.0 Å². The molecule has 0 atom stereocenters. The molecule has 0 bridgehead atoms. The smallest absolute Gasteiger partial charge is 0.0916 e. The zero-order chi connectivity index (χ0) is 14.5. The fraction of sp³-hybridized carbons (Fsp3) is 0.647. The highest BCUT2D eigenvalue weighted by Crippen LogP contribution is 2.33. The minimum absolute atomic E-state index is 0.204. The number of rotatable bonds is 4. The predicted molar refractivity (Wildman–Crippen MR) is 89.0 cm³/mol. The maximum absolute atomic E-state index is 9.70. The molecule has 1 saturated heterocycles. The molecule has 0 amide bonds. The first-order valence-corrected chi connectivity index (χ1v) is 8.92. The van der Waals surface area contributed by atoms with Crippen LogP contribution >= 0.6 is 11.3 Å². The highest BCUT2D eigenvalue weighted by molar-refractivity contribution is 7.16. The van der Waals surface area contributed by atoms with Gasteiger partial charge in [-0.3, -0.25) is 0 Å². The zero-order valence-corrected chi connectivity index (χ0v) is 13.4. The second-order valence-corrected chi connectivity index (χ2v) is 7.08. The number of ether oxygens (including phenoxy) is 1. The van der Waals surface area contributed by atoms with Crippen LogP contribution in [0.5, 0.6) is 0 Å². The Morgan fingerprint density at radius 2 is 2.00 bits per heavy atom. The first-order chi connectivity index (χ1) is 10.4. The Bertz CT molecular complexity index is 471. The summed E-state index contributed by atoms with van der Waals surface area (Å²) in [6.07, 6.45) is 8.69. The average molecular weight is 307 g/mol. The van der Waals surface area contributed by atoms with Crippen LogP contribution < -0.4 is 4.90 Å². The molecule has 1 aliphatic carbocycles. The summed E-state index contributed by atoms with van der Waals surface area (Å²) >= 11 is 1.83. The van der Waals surface area contributed by atoms with Crippen molar-refractivity contribution in [1.29, 1.82) is 0 Å². The van der Waals surface area contributed by atoms with Crippen LogP contribution in [0.3, 0.4) is 0 Å². The summed E-state index contributed by atoms with van der Waals surface area (Å²) < 4.78 is 5.41. The van der Waals surface area contributed by atoms with Gasteiger partial charge in [-0.15, -0.1) is 11.3 Å². The normalized spacial score (nSPS) is 21.8. The van der Waals surface area contributed by atoms with E-state index in [1.165, 1.54) is 47.6 Å². The number of aliphatic hydroxyl groups excluding tert-OH is 1. The molecule has 0 spiro atoms. The molecule has 2 heterocycles. The van der Waals surface area contributed by atoms with E-state index in [2.05, 4.69) is 23.1 Å². The van der Waals surface area contributed by atoms with Crippen molar-refractivity contribution in [2.75, 3.05) is 37.8 Å². The fourth-order valence-corrected chi connectivity index (χ4v) is 4.36. The Balaban J connectivity index is 1.70. The third kappa shape index (κ3) is 3.87. The van der Waals surface area contributed by atoms with Gasteiger partial charge in [-0.2, -0.15) is 0 Å². The standard InChI is InChI=1S/C17H25NO2S/c19-13-15(14-4-2-1-3-5-14)12-16-6-7-17(21-16)18-8-10-20-11-9-18/h6-7,12,14,19H,1-5,8-11,13H2/b15-12-. The van der Waals surface area contributed by atoms with E-state index >= 15 is 0 Å². The average Bonchev–Trinajstić information content (AvgIpc) is 3.03. The van der Waals surface area contributed by atoms with E-state index in [9.17, 15) is 5.11 Å². The number of hydrogen-bond acceptors (Lipinski definition) is 4. The van der Waals surface area contributed by atoms with Crippen LogP contribution in [-0.2, 0) is 4.74 Å². The van der Waals surface area contributed by atoms with Gasteiger partial charge >= 0.3 is 0 Å². The molecule has 1 N–H and O–H groups in total. The molecule has 1 aromatic heterocycles. The van der Waals surface area contributed by atoms with Crippen LogP contribution in [0, 0.1) is 5.92 Å². The second kappa shape index (κ2) is 7.43. The molecule has 4 heteroatoms. The molecule has 3 nitrogen and oxygen atoms in total. The minimum atomic E-state index is 0.204. The Labute approximate surface area is 131 Å². The van der Waals surface area contributed by atoms with E-state index in [1.807, 2.05) is 11.3 Å². The maximum atomic E-state index is 9.70. The molecule has 1 aromatic rings. The van der Waals surface area contributed by atoms with Crippen LogP contribution in [0.2, 0.25) is 0 Å². The third-order valence-electron chi connectivity index (χ3n) is 4.58. The number of aliphatic hydroxyl groups is 1. The number of anilines is 1. The molecule has 1 aliphatic heterocycles. The molecule has 2 fully saturated rings. The van der Waals surface area contributed by atoms with Crippen molar-refractivity contribution in [3.05, 3.63) is 22.6 Å². The molecule has 1 saturated carbocycles. The molecule has 3 rings (SSSR count). The lowest BCUT2D eigenvalue weighted by atomic mass is 9.84. The predicted octanol–water partition coefficient (Wildman–Crippen LogP) is 3.54. The van der Waals surface area contributed by atoms with Crippen molar-refractivity contribution in [1.82, 2.24) is 0 Å². The topological polar surface area (TPSA) is 32.7 Å². The molecule has 0 unspecified atom stereocenters. The van der Waals surface area contributed by atoms with E-state index in [0.29, 0.717) is 5.92 Å². The summed E-state index contributed by atoms with van der Waals surface area (Å²) in [4.78, 5) is 3.66. The second-order valence-electron chi connectivity index (χ2n) is 5.99. The summed E-state index contributed by atoms with van der Waals surface area (Å²) in [5, 5.41) is 11.0.